The number of likely N-dealkylation sites (N-methyl/N-ethyl adjacent to an activating group) is 1. The van der Waals surface area contributed by atoms with Gasteiger partial charge in [0.25, 0.3) is 5.91 Å². The normalized spacial score (nSPS) is 11.2. The zero-order valence-corrected chi connectivity index (χ0v) is 17.5. The third-order valence-electron chi connectivity index (χ3n) is 4.90. The highest BCUT2D eigenvalue weighted by molar-refractivity contribution is 6.05. The molecule has 1 amide bonds. The van der Waals surface area contributed by atoms with Crippen molar-refractivity contribution < 1.29 is 4.79 Å². The Morgan fingerprint density at radius 3 is 2.48 bits per heavy atom. The summed E-state index contributed by atoms with van der Waals surface area (Å²) in [6.07, 6.45) is 7.89. The van der Waals surface area contributed by atoms with Crippen LogP contribution < -0.4 is 10.2 Å². The minimum Gasteiger partial charge on any atom is -0.373 e. The van der Waals surface area contributed by atoms with Crippen molar-refractivity contribution in [2.75, 3.05) is 23.8 Å². The van der Waals surface area contributed by atoms with Crippen LogP contribution in [0.4, 0.5) is 11.4 Å². The topological polar surface area (TPSA) is 58.1 Å². The van der Waals surface area contributed by atoms with Gasteiger partial charge in [0, 0.05) is 37.9 Å². The molecule has 0 atom stereocenters. The van der Waals surface area contributed by atoms with Crippen LogP contribution in [0.25, 0.3) is 0 Å². The lowest BCUT2D eigenvalue weighted by molar-refractivity contribution is 0.102. The van der Waals surface area contributed by atoms with E-state index in [1.54, 1.807) is 24.8 Å². The predicted molar refractivity (Wildman–Crippen MR) is 119 cm³/mol. The van der Waals surface area contributed by atoms with E-state index < -0.39 is 0 Å². The molecular formula is C24H28N4O. The van der Waals surface area contributed by atoms with E-state index in [9.17, 15) is 4.79 Å². The van der Waals surface area contributed by atoms with Crippen molar-refractivity contribution in [3.63, 3.8) is 0 Å². The summed E-state index contributed by atoms with van der Waals surface area (Å²) < 4.78 is 0. The molecule has 0 unspecified atom stereocenters. The van der Waals surface area contributed by atoms with Crippen LogP contribution >= 0.6 is 0 Å². The fraction of sp³-hybridized carbons (Fsp3) is 0.292. The van der Waals surface area contributed by atoms with Crippen molar-refractivity contribution in [1.82, 2.24) is 9.97 Å². The Hall–Kier alpha value is -3.21. The van der Waals surface area contributed by atoms with E-state index in [4.69, 9.17) is 0 Å². The lowest BCUT2D eigenvalue weighted by Gasteiger charge is -2.23. The van der Waals surface area contributed by atoms with Crippen LogP contribution in [0.3, 0.4) is 0 Å². The Morgan fingerprint density at radius 2 is 1.76 bits per heavy atom. The molecule has 0 bridgehead atoms. The molecule has 5 heteroatoms. The number of anilines is 2. The van der Waals surface area contributed by atoms with Crippen molar-refractivity contribution >= 4 is 17.3 Å². The average molecular weight is 389 g/mol. The first-order valence-electron chi connectivity index (χ1n) is 9.80. The van der Waals surface area contributed by atoms with Crippen LogP contribution in [0.5, 0.6) is 0 Å². The molecule has 5 nitrogen and oxygen atoms in total. The molecule has 0 spiro atoms. The van der Waals surface area contributed by atoms with Crippen molar-refractivity contribution in [2.45, 2.75) is 32.6 Å². The summed E-state index contributed by atoms with van der Waals surface area (Å²) in [5.74, 6) is -0.154. The van der Waals surface area contributed by atoms with E-state index in [0.717, 1.165) is 29.9 Å². The predicted octanol–water partition coefficient (Wildman–Crippen LogP) is 4.71. The third kappa shape index (κ3) is 5.41. The van der Waals surface area contributed by atoms with Crippen LogP contribution in [-0.2, 0) is 11.8 Å². The molecule has 0 aliphatic carbocycles. The minimum atomic E-state index is -0.154. The SMILES string of the molecule is CN(CCc1ccncc1)c1cncc(C(=O)Nc2ccccc2C(C)(C)C)c1. The zero-order chi connectivity index (χ0) is 20.9. The summed E-state index contributed by atoms with van der Waals surface area (Å²) in [5.41, 5.74) is 4.57. The van der Waals surface area contributed by atoms with Gasteiger partial charge in [0.15, 0.2) is 0 Å². The lowest BCUT2D eigenvalue weighted by Crippen LogP contribution is -2.22. The molecule has 150 valence electrons. The van der Waals surface area contributed by atoms with Gasteiger partial charge in [-0.25, -0.2) is 0 Å². The van der Waals surface area contributed by atoms with Crippen molar-refractivity contribution in [1.29, 1.82) is 0 Å². The molecule has 2 aromatic heterocycles. The fourth-order valence-corrected chi connectivity index (χ4v) is 3.18. The van der Waals surface area contributed by atoms with Gasteiger partial charge in [-0.15, -0.1) is 0 Å². The van der Waals surface area contributed by atoms with Gasteiger partial charge in [-0.2, -0.15) is 0 Å². The molecule has 3 aromatic rings. The van der Waals surface area contributed by atoms with E-state index in [0.29, 0.717) is 5.56 Å². The van der Waals surface area contributed by atoms with Gasteiger partial charge in [-0.3, -0.25) is 14.8 Å². The van der Waals surface area contributed by atoms with Crippen molar-refractivity contribution in [3.05, 3.63) is 83.9 Å². The number of amides is 1. The lowest BCUT2D eigenvalue weighted by atomic mass is 9.86. The number of hydrogen-bond acceptors (Lipinski definition) is 4. The van der Waals surface area contributed by atoms with Crippen LogP contribution in [0, 0.1) is 0 Å². The van der Waals surface area contributed by atoms with Gasteiger partial charge < -0.3 is 10.2 Å². The molecule has 0 saturated heterocycles. The second-order valence-corrected chi connectivity index (χ2v) is 8.21. The number of nitrogens with zero attached hydrogens (tertiary/aromatic N) is 3. The Bertz CT molecular complexity index is 964. The number of para-hydroxylation sites is 1. The summed E-state index contributed by atoms with van der Waals surface area (Å²) in [5, 5.41) is 3.05. The monoisotopic (exact) mass is 388 g/mol. The molecule has 0 aliphatic heterocycles. The van der Waals surface area contributed by atoms with Gasteiger partial charge in [-0.1, -0.05) is 39.0 Å². The number of hydrogen-bond donors (Lipinski definition) is 1. The van der Waals surface area contributed by atoms with Crippen molar-refractivity contribution in [2.24, 2.45) is 0 Å². The van der Waals surface area contributed by atoms with Gasteiger partial charge in [0.2, 0.25) is 0 Å². The van der Waals surface area contributed by atoms with Gasteiger partial charge in [0.05, 0.1) is 17.4 Å². The number of pyridine rings is 2. The molecule has 1 N–H and O–H groups in total. The first-order valence-corrected chi connectivity index (χ1v) is 9.80. The first-order chi connectivity index (χ1) is 13.8. The van der Waals surface area contributed by atoms with E-state index in [2.05, 4.69) is 47.0 Å². The van der Waals surface area contributed by atoms with E-state index in [1.807, 2.05) is 43.4 Å². The Labute approximate surface area is 172 Å². The number of carbonyl (C=O) groups excluding carboxylic acids is 1. The van der Waals surface area contributed by atoms with E-state index in [1.165, 1.54) is 5.56 Å². The number of carbonyl (C=O) groups is 1. The molecule has 0 radical (unpaired) electrons. The summed E-state index contributed by atoms with van der Waals surface area (Å²) >= 11 is 0. The van der Waals surface area contributed by atoms with Crippen LogP contribution in [0.2, 0.25) is 0 Å². The zero-order valence-electron chi connectivity index (χ0n) is 17.5. The highest BCUT2D eigenvalue weighted by Crippen LogP contribution is 2.29. The molecule has 3 rings (SSSR count). The second kappa shape index (κ2) is 8.86. The summed E-state index contributed by atoms with van der Waals surface area (Å²) in [4.78, 5) is 23.3. The van der Waals surface area contributed by atoms with E-state index >= 15 is 0 Å². The molecule has 0 saturated carbocycles. The Kier molecular flexibility index (Phi) is 6.27. The quantitative estimate of drug-likeness (QED) is 0.665. The maximum atomic E-state index is 12.9. The molecule has 0 aliphatic rings. The highest BCUT2D eigenvalue weighted by atomic mass is 16.1. The minimum absolute atomic E-state index is 0.0584. The van der Waals surface area contributed by atoms with Crippen LogP contribution in [0.15, 0.2) is 67.3 Å². The number of nitrogens with one attached hydrogen (secondary N) is 1. The smallest absolute Gasteiger partial charge is 0.257 e. The Morgan fingerprint density at radius 1 is 1.03 bits per heavy atom. The summed E-state index contributed by atoms with van der Waals surface area (Å²) in [6.45, 7) is 7.23. The number of benzene rings is 1. The molecule has 29 heavy (non-hydrogen) atoms. The summed E-state index contributed by atoms with van der Waals surface area (Å²) in [6, 6.07) is 13.8. The Balaban J connectivity index is 1.71. The van der Waals surface area contributed by atoms with Crippen LogP contribution in [-0.4, -0.2) is 29.5 Å². The van der Waals surface area contributed by atoms with Crippen LogP contribution in [0.1, 0.15) is 42.3 Å². The first kappa shape index (κ1) is 20.5. The fourth-order valence-electron chi connectivity index (χ4n) is 3.18. The largest absolute Gasteiger partial charge is 0.373 e. The second-order valence-electron chi connectivity index (χ2n) is 8.21. The van der Waals surface area contributed by atoms with Crippen molar-refractivity contribution in [3.8, 4) is 0 Å². The maximum Gasteiger partial charge on any atom is 0.257 e. The molecule has 0 fully saturated rings. The average Bonchev–Trinajstić information content (AvgIpc) is 2.72. The van der Waals surface area contributed by atoms with Gasteiger partial charge >= 0.3 is 0 Å². The molecular weight excluding hydrogens is 360 g/mol. The highest BCUT2D eigenvalue weighted by Gasteiger charge is 2.19. The third-order valence-corrected chi connectivity index (χ3v) is 4.90. The number of rotatable bonds is 6. The maximum absolute atomic E-state index is 12.9. The summed E-state index contributed by atoms with van der Waals surface area (Å²) in [7, 11) is 2.01. The van der Waals surface area contributed by atoms with E-state index in [-0.39, 0.29) is 11.3 Å². The molecule has 1 aromatic carbocycles. The van der Waals surface area contributed by atoms with Gasteiger partial charge in [0.1, 0.15) is 0 Å². The van der Waals surface area contributed by atoms with Gasteiger partial charge in [-0.05, 0) is 47.2 Å². The number of aromatic nitrogens is 2. The standard InChI is InChI=1S/C24H28N4O/c1-24(2,3)21-7-5-6-8-22(21)27-23(29)19-15-20(17-26-16-19)28(4)14-11-18-9-12-25-13-10-18/h5-10,12-13,15-17H,11,14H2,1-4H3,(H,27,29). The molecule has 2 heterocycles.